The molecular weight excluding hydrogens is 767 g/mol. The highest BCUT2D eigenvalue weighted by atomic mass is 16.3. The quantitative estimate of drug-likeness (QED) is 0.166. The minimum atomic E-state index is -2.53. The Labute approximate surface area is 381 Å². The highest BCUT2D eigenvalue weighted by molar-refractivity contribution is 5.97. The maximum Gasteiger partial charge on any atom is 0.149 e. The van der Waals surface area contributed by atoms with Crippen LogP contribution in [-0.4, -0.2) is 19.6 Å². The average Bonchev–Trinajstić information content (AvgIpc) is 3.65. The number of phenols is 1. The molecule has 0 amide bonds. The Balaban J connectivity index is 1.37. The highest BCUT2D eigenvalue weighted by Gasteiger charge is 2.24. The standard InChI is InChI=1S/C59H63N3O/c1-35(2)43-28-44(36(3)4)30-45(29-43)41-19-22-53(38(6)27-41)62-54-16-14-15-50(55(54)61-57(62)51-26-37(5)25-39(7)56(51)63)46-31-47(33-49(32-46)59(11,12)13)52-34-42(23-24-60-52)40-17-20-48(21-18-40)58(8,9)10/h14-36,63H,1-13H3/i6D3,35D. The second-order valence-corrected chi connectivity index (χ2v) is 20.0. The molecule has 0 unspecified atom stereocenters. The largest absolute Gasteiger partial charge is 0.507 e. The number of aromatic hydroxyl groups is 1. The monoisotopic (exact) mass is 834 g/mol. The summed E-state index contributed by atoms with van der Waals surface area (Å²) in [7, 11) is 0. The zero-order valence-corrected chi connectivity index (χ0v) is 39.0. The lowest BCUT2D eigenvalue weighted by Crippen LogP contribution is -2.11. The molecule has 2 aromatic heterocycles. The molecule has 4 heteroatoms. The first-order chi connectivity index (χ1) is 31.3. The fourth-order valence-corrected chi connectivity index (χ4v) is 8.53. The average molecular weight is 834 g/mol. The molecule has 6 aromatic carbocycles. The van der Waals surface area contributed by atoms with Crippen molar-refractivity contribution in [2.45, 2.75) is 113 Å². The first kappa shape index (κ1) is 38.4. The number of phenolic OH excluding ortho intramolecular Hbond substituents is 1. The van der Waals surface area contributed by atoms with Crippen LogP contribution in [0.15, 0.2) is 128 Å². The number of para-hydroxylation sites is 1. The van der Waals surface area contributed by atoms with E-state index in [1.54, 1.807) is 6.07 Å². The Bertz CT molecular complexity index is 3170. The molecule has 0 saturated carbocycles. The van der Waals surface area contributed by atoms with Crippen molar-refractivity contribution in [1.82, 2.24) is 14.5 Å². The van der Waals surface area contributed by atoms with Crippen molar-refractivity contribution >= 4 is 11.0 Å². The molecule has 8 aromatic rings. The summed E-state index contributed by atoms with van der Waals surface area (Å²) < 4.78 is 37.8. The number of fused-ring (bicyclic) bond motifs is 1. The molecule has 0 atom stereocenters. The topological polar surface area (TPSA) is 50.9 Å². The summed E-state index contributed by atoms with van der Waals surface area (Å²) in [6.07, 6.45) is 1.88. The number of aryl methyl sites for hydroxylation is 3. The lowest BCUT2D eigenvalue weighted by Gasteiger charge is -2.22. The summed E-state index contributed by atoms with van der Waals surface area (Å²) in [6, 6.07) is 41.3. The van der Waals surface area contributed by atoms with Crippen LogP contribution in [0.25, 0.3) is 72.7 Å². The third-order valence-electron chi connectivity index (χ3n) is 12.4. The number of hydrogen-bond donors (Lipinski definition) is 1. The Morgan fingerprint density at radius 3 is 1.97 bits per heavy atom. The van der Waals surface area contributed by atoms with E-state index in [0.29, 0.717) is 33.7 Å². The van der Waals surface area contributed by atoms with Gasteiger partial charge in [-0.05, 0) is 159 Å². The minimum Gasteiger partial charge on any atom is -0.507 e. The molecular formula is C59H63N3O. The van der Waals surface area contributed by atoms with Gasteiger partial charge in [0.1, 0.15) is 11.6 Å². The van der Waals surface area contributed by atoms with Gasteiger partial charge in [-0.1, -0.05) is 142 Å². The van der Waals surface area contributed by atoms with Crippen LogP contribution in [0.5, 0.6) is 5.75 Å². The molecule has 63 heavy (non-hydrogen) atoms. The van der Waals surface area contributed by atoms with E-state index < -0.39 is 12.7 Å². The zero-order chi connectivity index (χ0) is 48.5. The summed E-state index contributed by atoms with van der Waals surface area (Å²) in [5.41, 5.74) is 15.7. The van der Waals surface area contributed by atoms with Crippen LogP contribution in [0.4, 0.5) is 0 Å². The minimum absolute atomic E-state index is 0.0543. The van der Waals surface area contributed by atoms with Crippen LogP contribution in [-0.2, 0) is 10.8 Å². The molecule has 0 aliphatic rings. The molecule has 8 rings (SSSR count). The van der Waals surface area contributed by atoms with Crippen LogP contribution < -0.4 is 0 Å². The third kappa shape index (κ3) is 8.61. The van der Waals surface area contributed by atoms with Crippen molar-refractivity contribution in [2.75, 3.05) is 0 Å². The molecule has 0 fully saturated rings. The number of hydrogen-bond acceptors (Lipinski definition) is 3. The van der Waals surface area contributed by atoms with Crippen molar-refractivity contribution in [3.05, 3.63) is 166 Å². The van der Waals surface area contributed by atoms with Crippen LogP contribution in [0.3, 0.4) is 0 Å². The normalized spacial score (nSPS) is 13.5. The van der Waals surface area contributed by atoms with Crippen LogP contribution in [0, 0.1) is 20.7 Å². The van der Waals surface area contributed by atoms with E-state index in [1.807, 2.05) is 80.9 Å². The van der Waals surface area contributed by atoms with E-state index in [-0.39, 0.29) is 28.1 Å². The zero-order valence-electron chi connectivity index (χ0n) is 43.0. The summed E-state index contributed by atoms with van der Waals surface area (Å²) in [6.45, 7) is 22.6. The Morgan fingerprint density at radius 1 is 0.603 bits per heavy atom. The van der Waals surface area contributed by atoms with Crippen LogP contribution in [0.1, 0.15) is 125 Å². The summed E-state index contributed by atoms with van der Waals surface area (Å²) >= 11 is 0. The number of rotatable bonds is 8. The summed E-state index contributed by atoms with van der Waals surface area (Å²) in [4.78, 5) is 10.3. The first-order valence-corrected chi connectivity index (χ1v) is 22.1. The molecule has 0 aliphatic heterocycles. The van der Waals surface area contributed by atoms with Crippen molar-refractivity contribution in [2.24, 2.45) is 0 Å². The molecule has 2 heterocycles. The molecule has 0 radical (unpaired) electrons. The van der Waals surface area contributed by atoms with Crippen LogP contribution in [0.2, 0.25) is 0 Å². The smallest absolute Gasteiger partial charge is 0.149 e. The van der Waals surface area contributed by atoms with Crippen molar-refractivity contribution in [3.63, 3.8) is 0 Å². The van der Waals surface area contributed by atoms with Crippen LogP contribution >= 0.6 is 0 Å². The lowest BCUT2D eigenvalue weighted by atomic mass is 9.83. The van der Waals surface area contributed by atoms with Gasteiger partial charge in [-0.2, -0.15) is 0 Å². The molecule has 320 valence electrons. The highest BCUT2D eigenvalue weighted by Crippen LogP contribution is 2.42. The predicted molar refractivity (Wildman–Crippen MR) is 267 cm³/mol. The fraction of sp³-hybridized carbons (Fsp3) is 0.288. The fourth-order valence-electron chi connectivity index (χ4n) is 8.53. The number of benzene rings is 6. The van der Waals surface area contributed by atoms with Gasteiger partial charge in [-0.3, -0.25) is 9.55 Å². The molecule has 0 saturated heterocycles. The van der Waals surface area contributed by atoms with E-state index >= 15 is 0 Å². The number of imidazole rings is 1. The molecule has 0 bridgehead atoms. The van der Waals surface area contributed by atoms with E-state index in [2.05, 4.69) is 128 Å². The summed E-state index contributed by atoms with van der Waals surface area (Å²) in [5, 5.41) is 11.8. The van der Waals surface area contributed by atoms with E-state index in [0.717, 1.165) is 66.9 Å². The third-order valence-corrected chi connectivity index (χ3v) is 12.4. The van der Waals surface area contributed by atoms with Crippen molar-refractivity contribution in [1.29, 1.82) is 0 Å². The van der Waals surface area contributed by atoms with Gasteiger partial charge in [0.25, 0.3) is 0 Å². The van der Waals surface area contributed by atoms with Gasteiger partial charge < -0.3 is 5.11 Å². The maximum absolute atomic E-state index is 11.8. The predicted octanol–water partition coefficient (Wildman–Crippen LogP) is 16.2. The summed E-state index contributed by atoms with van der Waals surface area (Å²) in [5.74, 6) is -0.123. The van der Waals surface area contributed by atoms with Gasteiger partial charge in [-0.15, -0.1) is 0 Å². The second kappa shape index (κ2) is 16.5. The molecule has 0 aliphatic carbocycles. The van der Waals surface area contributed by atoms with Gasteiger partial charge in [-0.25, -0.2) is 4.98 Å². The Morgan fingerprint density at radius 2 is 1.29 bits per heavy atom. The Kier molecular flexibility index (Phi) is 10.0. The van der Waals surface area contributed by atoms with E-state index in [4.69, 9.17) is 15.5 Å². The maximum atomic E-state index is 11.8. The van der Waals surface area contributed by atoms with Gasteiger partial charge >= 0.3 is 0 Å². The van der Waals surface area contributed by atoms with Gasteiger partial charge in [0.15, 0.2) is 0 Å². The lowest BCUT2D eigenvalue weighted by molar-refractivity contribution is 0.472. The first-order valence-electron chi connectivity index (χ1n) is 24.1. The van der Waals surface area contributed by atoms with Crippen molar-refractivity contribution < 1.29 is 10.6 Å². The van der Waals surface area contributed by atoms with Gasteiger partial charge in [0.2, 0.25) is 0 Å². The van der Waals surface area contributed by atoms with Gasteiger partial charge in [0, 0.05) is 22.8 Å². The molecule has 0 spiro atoms. The SMILES string of the molecule is [2H]C([2H])([2H])c1cc(-c2cc(C(C)C)cc(C([2H])(C)C)c2)ccc1-n1c(-c2cc(C)cc(C)c2O)nc2c(-c3cc(-c4cc(-c5ccc(C(C)(C)C)cc5)ccn4)cc(C(C)(C)C)c3)cccc21. The van der Waals surface area contributed by atoms with Gasteiger partial charge in [0.05, 0.1) is 28.0 Å². The number of aromatic nitrogens is 3. The Hall–Kier alpha value is -6.26. The number of pyridine rings is 1. The van der Waals surface area contributed by atoms with E-state index in [1.165, 1.54) is 5.56 Å². The van der Waals surface area contributed by atoms with E-state index in [9.17, 15) is 5.11 Å². The van der Waals surface area contributed by atoms with Crippen molar-refractivity contribution in [3.8, 4) is 67.5 Å². The second-order valence-electron chi connectivity index (χ2n) is 20.0. The molecule has 1 N–H and O–H groups in total. The number of nitrogens with zero attached hydrogens (tertiary/aromatic N) is 3. The molecule has 4 nitrogen and oxygen atoms in total.